The summed E-state index contributed by atoms with van der Waals surface area (Å²) in [5.74, 6) is 0. The third-order valence-electron chi connectivity index (χ3n) is 9.24. The van der Waals surface area contributed by atoms with Crippen LogP contribution < -0.4 is 0 Å². The van der Waals surface area contributed by atoms with E-state index in [1.807, 2.05) is 24.7 Å². The van der Waals surface area contributed by atoms with E-state index in [0.29, 0.717) is 0 Å². The van der Waals surface area contributed by atoms with Gasteiger partial charge in [-0.25, -0.2) is 0 Å². The number of benzene rings is 5. The van der Waals surface area contributed by atoms with Gasteiger partial charge in [0.25, 0.3) is 0 Å². The fourth-order valence-electron chi connectivity index (χ4n) is 7.27. The van der Waals surface area contributed by atoms with Crippen molar-refractivity contribution in [2.45, 2.75) is 6.42 Å². The maximum atomic E-state index is 5.01. The molecule has 44 heavy (non-hydrogen) atoms. The van der Waals surface area contributed by atoms with Crippen molar-refractivity contribution < 1.29 is 0 Å². The number of para-hydroxylation sites is 1. The lowest BCUT2D eigenvalue weighted by Gasteiger charge is -2.15. The van der Waals surface area contributed by atoms with Crippen LogP contribution in [0.2, 0.25) is 0 Å². The van der Waals surface area contributed by atoms with E-state index >= 15 is 0 Å². The van der Waals surface area contributed by atoms with Crippen molar-refractivity contribution in [3.8, 4) is 16.8 Å². The molecule has 0 saturated carbocycles. The molecule has 5 aromatic carbocycles. The Morgan fingerprint density at radius 1 is 0.568 bits per heavy atom. The van der Waals surface area contributed by atoms with Crippen molar-refractivity contribution in [3.63, 3.8) is 0 Å². The van der Waals surface area contributed by atoms with Gasteiger partial charge in [0.2, 0.25) is 0 Å². The van der Waals surface area contributed by atoms with Crippen LogP contribution in [0.3, 0.4) is 0 Å². The van der Waals surface area contributed by atoms with E-state index in [4.69, 9.17) is 9.97 Å². The van der Waals surface area contributed by atoms with E-state index < -0.39 is 0 Å². The Hall–Kier alpha value is -5.87. The minimum Gasteiger partial charge on any atom is -0.308 e. The molecule has 0 fully saturated rings. The molecule has 1 aliphatic rings. The number of aromatic nitrogens is 4. The highest BCUT2D eigenvalue weighted by Crippen LogP contribution is 2.41. The van der Waals surface area contributed by atoms with Gasteiger partial charge < -0.3 is 4.57 Å². The monoisotopic (exact) mass is 560 g/mol. The first-order chi connectivity index (χ1) is 21.8. The predicted molar refractivity (Wildman–Crippen MR) is 182 cm³/mol. The summed E-state index contributed by atoms with van der Waals surface area (Å²) < 4.78 is 2.39. The molecular formula is C40H24N4. The van der Waals surface area contributed by atoms with Gasteiger partial charge >= 0.3 is 0 Å². The SMILES string of the molecule is C1=Cc2cccc3cc4c(c(c23)C1)c1ccccc1n4-c1cnc2cc(-c3cnc4c(ccc5cccnc54)c3)ccc2c1. The Labute approximate surface area is 252 Å². The van der Waals surface area contributed by atoms with Crippen LogP contribution in [0.1, 0.15) is 11.1 Å². The summed E-state index contributed by atoms with van der Waals surface area (Å²) in [6.45, 7) is 0. The molecule has 10 rings (SSSR count). The molecule has 0 atom stereocenters. The van der Waals surface area contributed by atoms with Crippen LogP contribution in [0.4, 0.5) is 0 Å². The fourth-order valence-corrected chi connectivity index (χ4v) is 7.27. The van der Waals surface area contributed by atoms with E-state index in [9.17, 15) is 0 Å². The highest BCUT2D eigenvalue weighted by Gasteiger charge is 2.20. The summed E-state index contributed by atoms with van der Waals surface area (Å²) in [4.78, 5) is 14.4. The second kappa shape index (κ2) is 8.82. The lowest BCUT2D eigenvalue weighted by atomic mass is 9.90. The normalized spacial score (nSPS) is 12.8. The van der Waals surface area contributed by atoms with Crippen molar-refractivity contribution in [3.05, 3.63) is 139 Å². The number of rotatable bonds is 2. The average molecular weight is 561 g/mol. The minimum atomic E-state index is 0.927. The van der Waals surface area contributed by atoms with Gasteiger partial charge in [-0.1, -0.05) is 78.9 Å². The molecule has 0 radical (unpaired) electrons. The topological polar surface area (TPSA) is 43.6 Å². The Balaban J connectivity index is 1.14. The first-order valence-corrected chi connectivity index (χ1v) is 15.0. The molecule has 1 aliphatic carbocycles. The summed E-state index contributed by atoms with van der Waals surface area (Å²) in [6, 6.07) is 37.0. The average Bonchev–Trinajstić information content (AvgIpc) is 3.42. The molecule has 4 heterocycles. The Kier molecular flexibility index (Phi) is 4.74. The van der Waals surface area contributed by atoms with E-state index in [1.165, 1.54) is 43.7 Å². The summed E-state index contributed by atoms with van der Waals surface area (Å²) >= 11 is 0. The third-order valence-corrected chi connectivity index (χ3v) is 9.24. The smallest absolute Gasteiger partial charge is 0.0964 e. The standard InChI is InChI=1S/C40H24N4/c1-2-12-35-32(10-1)38-33-11-4-7-24-6-3-8-28(37(24)33)21-36(38)44(35)31-19-27-15-14-26(20-34(27)42-23-31)30-18-29-16-13-25-9-5-17-41-39(25)40(29)43-22-30/h1-10,12-23H,11H2. The molecule has 204 valence electrons. The zero-order valence-corrected chi connectivity index (χ0v) is 23.7. The Morgan fingerprint density at radius 3 is 2.45 bits per heavy atom. The van der Waals surface area contributed by atoms with Crippen LogP contribution in [0.25, 0.3) is 88.2 Å². The van der Waals surface area contributed by atoms with Gasteiger partial charge in [0.1, 0.15) is 0 Å². The van der Waals surface area contributed by atoms with Crippen molar-refractivity contribution in [2.75, 3.05) is 0 Å². The molecule has 0 N–H and O–H groups in total. The molecule has 0 saturated heterocycles. The number of hydrogen-bond donors (Lipinski definition) is 0. The van der Waals surface area contributed by atoms with Crippen LogP contribution in [0.15, 0.2) is 128 Å². The van der Waals surface area contributed by atoms with Gasteiger partial charge in [-0.15, -0.1) is 0 Å². The lowest BCUT2D eigenvalue weighted by molar-refractivity contribution is 1.16. The fraction of sp³-hybridized carbons (Fsp3) is 0.0250. The molecule has 0 unspecified atom stereocenters. The maximum absolute atomic E-state index is 5.01. The molecule has 4 heteroatoms. The number of fused-ring (bicyclic) bond motifs is 8. The molecule has 4 aromatic heterocycles. The van der Waals surface area contributed by atoms with Crippen molar-refractivity contribution in [1.82, 2.24) is 19.5 Å². The first-order valence-electron chi connectivity index (χ1n) is 15.0. The summed E-state index contributed by atoms with van der Waals surface area (Å²) in [6.07, 6.45) is 11.3. The van der Waals surface area contributed by atoms with Gasteiger partial charge in [0.05, 0.1) is 39.5 Å². The Bertz CT molecular complexity index is 2700. The van der Waals surface area contributed by atoms with Gasteiger partial charge in [-0.05, 0) is 70.3 Å². The quantitative estimate of drug-likeness (QED) is 0.198. The van der Waals surface area contributed by atoms with Gasteiger partial charge in [0.15, 0.2) is 0 Å². The molecule has 0 aliphatic heterocycles. The van der Waals surface area contributed by atoms with Crippen LogP contribution >= 0.6 is 0 Å². The van der Waals surface area contributed by atoms with Gasteiger partial charge in [0, 0.05) is 44.9 Å². The van der Waals surface area contributed by atoms with Crippen molar-refractivity contribution in [1.29, 1.82) is 0 Å². The van der Waals surface area contributed by atoms with Crippen molar-refractivity contribution in [2.24, 2.45) is 0 Å². The van der Waals surface area contributed by atoms with Crippen LogP contribution in [-0.2, 0) is 6.42 Å². The second-order valence-electron chi connectivity index (χ2n) is 11.7. The van der Waals surface area contributed by atoms with Gasteiger partial charge in [-0.2, -0.15) is 0 Å². The van der Waals surface area contributed by atoms with E-state index in [-0.39, 0.29) is 0 Å². The largest absolute Gasteiger partial charge is 0.308 e. The zero-order valence-electron chi connectivity index (χ0n) is 23.7. The molecule has 9 aromatic rings. The van der Waals surface area contributed by atoms with E-state index in [2.05, 4.69) is 119 Å². The molecule has 4 nitrogen and oxygen atoms in total. The first kappa shape index (κ1) is 23.7. The molecule has 0 spiro atoms. The maximum Gasteiger partial charge on any atom is 0.0964 e. The number of allylic oxidation sites excluding steroid dienone is 1. The second-order valence-corrected chi connectivity index (χ2v) is 11.7. The van der Waals surface area contributed by atoms with Crippen LogP contribution in [-0.4, -0.2) is 19.5 Å². The zero-order chi connectivity index (χ0) is 28.8. The molecule has 0 amide bonds. The predicted octanol–water partition coefficient (Wildman–Crippen LogP) is 9.82. The highest BCUT2D eigenvalue weighted by molar-refractivity contribution is 6.18. The lowest BCUT2D eigenvalue weighted by Crippen LogP contribution is -1.98. The highest BCUT2D eigenvalue weighted by atomic mass is 15.0. The summed E-state index contributed by atoms with van der Waals surface area (Å²) in [7, 11) is 0. The Morgan fingerprint density at radius 2 is 1.45 bits per heavy atom. The molecular weight excluding hydrogens is 536 g/mol. The summed E-state index contributed by atoms with van der Waals surface area (Å²) in [5, 5.41) is 8.57. The van der Waals surface area contributed by atoms with Crippen LogP contribution in [0.5, 0.6) is 0 Å². The molecule has 0 bridgehead atoms. The minimum absolute atomic E-state index is 0.927. The number of hydrogen-bond acceptors (Lipinski definition) is 3. The third kappa shape index (κ3) is 3.31. The summed E-state index contributed by atoms with van der Waals surface area (Å²) in [5.41, 5.74) is 11.2. The van der Waals surface area contributed by atoms with E-state index in [0.717, 1.165) is 55.9 Å². The van der Waals surface area contributed by atoms with Gasteiger partial charge in [-0.3, -0.25) is 15.0 Å². The van der Waals surface area contributed by atoms with Crippen molar-refractivity contribution >= 4 is 71.4 Å². The van der Waals surface area contributed by atoms with E-state index in [1.54, 1.807) is 0 Å². The number of nitrogens with zero attached hydrogens (tertiary/aromatic N) is 4. The number of pyridine rings is 3. The van der Waals surface area contributed by atoms with Crippen LogP contribution in [0, 0.1) is 0 Å².